The number of Topliss-reactive ketones (excluding diaryl/α,β-unsaturated/α-hetero) is 1. The van der Waals surface area contributed by atoms with E-state index in [2.05, 4.69) is 6.92 Å². The maximum atomic E-state index is 11.1. The fraction of sp³-hybridized carbons (Fsp3) is 0.933. The van der Waals surface area contributed by atoms with Gasteiger partial charge in [0.15, 0.2) is 0 Å². The van der Waals surface area contributed by atoms with Gasteiger partial charge in [-0.05, 0) is 38.0 Å². The Bertz CT molecular complexity index is 201. The molecule has 0 heterocycles. The lowest BCUT2D eigenvalue weighted by atomic mass is 9.86. The summed E-state index contributed by atoms with van der Waals surface area (Å²) in [6.07, 6.45) is 7.24. The molecule has 1 aliphatic rings. The Morgan fingerprint density at radius 1 is 1.24 bits per heavy atom. The second-order valence-electron chi connectivity index (χ2n) is 4.97. The summed E-state index contributed by atoms with van der Waals surface area (Å²) in [6, 6.07) is 0. The van der Waals surface area contributed by atoms with Crippen molar-refractivity contribution in [2.75, 3.05) is 0 Å². The maximum absolute atomic E-state index is 11.1. The zero-order valence-electron chi connectivity index (χ0n) is 12.0. The second-order valence-corrected chi connectivity index (χ2v) is 4.97. The van der Waals surface area contributed by atoms with E-state index in [1.54, 1.807) is 6.92 Å². The molecule has 0 amide bonds. The second kappa shape index (κ2) is 9.64. The summed E-state index contributed by atoms with van der Waals surface area (Å²) in [6.45, 7) is 7.85. The number of ketones is 1. The van der Waals surface area contributed by atoms with Gasteiger partial charge in [0.2, 0.25) is 0 Å². The SMILES string of the molecule is CC.CCCCCC1C(O)CCC1CC(C)=O. The van der Waals surface area contributed by atoms with Crippen molar-refractivity contribution in [1.29, 1.82) is 0 Å². The van der Waals surface area contributed by atoms with E-state index >= 15 is 0 Å². The molecule has 2 heteroatoms. The Labute approximate surface area is 107 Å². The van der Waals surface area contributed by atoms with E-state index in [4.69, 9.17) is 0 Å². The van der Waals surface area contributed by atoms with E-state index < -0.39 is 0 Å². The molecule has 0 radical (unpaired) electrons. The van der Waals surface area contributed by atoms with Crippen molar-refractivity contribution in [3.63, 3.8) is 0 Å². The molecule has 1 rings (SSSR count). The number of hydrogen-bond donors (Lipinski definition) is 1. The highest BCUT2D eigenvalue weighted by atomic mass is 16.3. The Kier molecular flexibility index (Phi) is 9.43. The molecule has 0 aromatic heterocycles. The van der Waals surface area contributed by atoms with Crippen LogP contribution in [-0.2, 0) is 4.79 Å². The molecule has 1 saturated carbocycles. The van der Waals surface area contributed by atoms with Crippen LogP contribution in [0, 0.1) is 11.8 Å². The lowest BCUT2D eigenvalue weighted by molar-refractivity contribution is -0.118. The van der Waals surface area contributed by atoms with Gasteiger partial charge in [0.25, 0.3) is 0 Å². The van der Waals surface area contributed by atoms with Crippen LogP contribution in [0.1, 0.15) is 72.6 Å². The monoisotopic (exact) mass is 242 g/mol. The third kappa shape index (κ3) is 6.21. The molecular weight excluding hydrogens is 212 g/mol. The van der Waals surface area contributed by atoms with Crippen molar-refractivity contribution in [2.45, 2.75) is 78.7 Å². The van der Waals surface area contributed by atoms with Crippen LogP contribution in [0.5, 0.6) is 0 Å². The third-order valence-electron chi connectivity index (χ3n) is 3.62. The van der Waals surface area contributed by atoms with Crippen molar-refractivity contribution in [3.8, 4) is 0 Å². The highest BCUT2D eigenvalue weighted by Gasteiger charge is 2.34. The van der Waals surface area contributed by atoms with E-state index in [-0.39, 0.29) is 11.9 Å². The predicted octanol–water partition coefficient (Wildman–Crippen LogP) is 3.96. The molecule has 0 aliphatic heterocycles. The zero-order valence-corrected chi connectivity index (χ0v) is 12.0. The summed E-state index contributed by atoms with van der Waals surface area (Å²) in [5.74, 6) is 1.12. The minimum atomic E-state index is -0.147. The van der Waals surface area contributed by atoms with Gasteiger partial charge in [-0.3, -0.25) is 0 Å². The first-order chi connectivity index (χ1) is 8.15. The molecule has 0 saturated heterocycles. The molecule has 1 N–H and O–H groups in total. The predicted molar refractivity (Wildman–Crippen MR) is 73.0 cm³/mol. The van der Waals surface area contributed by atoms with Crippen molar-refractivity contribution in [1.82, 2.24) is 0 Å². The number of aliphatic hydroxyl groups is 1. The van der Waals surface area contributed by atoms with Gasteiger partial charge >= 0.3 is 0 Å². The van der Waals surface area contributed by atoms with Gasteiger partial charge in [-0.25, -0.2) is 0 Å². The van der Waals surface area contributed by atoms with Gasteiger partial charge in [-0.1, -0.05) is 40.0 Å². The molecule has 1 fully saturated rings. The third-order valence-corrected chi connectivity index (χ3v) is 3.62. The van der Waals surface area contributed by atoms with E-state index in [0.717, 1.165) is 19.3 Å². The first-order valence-electron chi connectivity index (χ1n) is 7.32. The number of hydrogen-bond acceptors (Lipinski definition) is 2. The largest absolute Gasteiger partial charge is 0.393 e. The Hall–Kier alpha value is -0.370. The number of rotatable bonds is 6. The Balaban J connectivity index is 0.00000121. The van der Waals surface area contributed by atoms with Gasteiger partial charge in [0.05, 0.1) is 6.10 Å². The minimum absolute atomic E-state index is 0.147. The molecule has 102 valence electrons. The van der Waals surface area contributed by atoms with Crippen molar-refractivity contribution in [3.05, 3.63) is 0 Å². The van der Waals surface area contributed by atoms with Gasteiger partial charge in [-0.2, -0.15) is 0 Å². The molecule has 2 nitrogen and oxygen atoms in total. The van der Waals surface area contributed by atoms with Gasteiger partial charge in [-0.15, -0.1) is 0 Å². The summed E-state index contributed by atoms with van der Waals surface area (Å²) in [4.78, 5) is 11.1. The van der Waals surface area contributed by atoms with Crippen LogP contribution in [-0.4, -0.2) is 17.0 Å². The van der Waals surface area contributed by atoms with Crippen LogP contribution in [0.25, 0.3) is 0 Å². The van der Waals surface area contributed by atoms with E-state index in [1.807, 2.05) is 13.8 Å². The van der Waals surface area contributed by atoms with Crippen LogP contribution >= 0.6 is 0 Å². The molecule has 0 bridgehead atoms. The molecule has 3 atom stereocenters. The van der Waals surface area contributed by atoms with Crippen LogP contribution in [0.3, 0.4) is 0 Å². The standard InChI is InChI=1S/C13H24O2.C2H6/c1-3-4-5-6-12-11(9-10(2)14)7-8-13(12)15;1-2/h11-13,15H,3-9H2,1-2H3;1-2H3. The molecule has 0 aromatic rings. The number of unbranched alkanes of at least 4 members (excludes halogenated alkanes) is 2. The van der Waals surface area contributed by atoms with E-state index in [9.17, 15) is 9.90 Å². The molecule has 0 aromatic carbocycles. The Morgan fingerprint density at radius 2 is 1.88 bits per heavy atom. The summed E-state index contributed by atoms with van der Waals surface area (Å²) in [5, 5.41) is 9.86. The van der Waals surface area contributed by atoms with Crippen LogP contribution in [0.2, 0.25) is 0 Å². The van der Waals surface area contributed by atoms with E-state index in [1.165, 1.54) is 19.3 Å². The topological polar surface area (TPSA) is 37.3 Å². The average Bonchev–Trinajstić information content (AvgIpc) is 2.63. The number of carbonyl (C=O) groups excluding carboxylic acids is 1. The number of aliphatic hydroxyl groups excluding tert-OH is 1. The fourth-order valence-electron chi connectivity index (χ4n) is 2.81. The highest BCUT2D eigenvalue weighted by Crippen LogP contribution is 2.37. The zero-order chi connectivity index (χ0) is 13.3. The minimum Gasteiger partial charge on any atom is -0.393 e. The molecule has 17 heavy (non-hydrogen) atoms. The summed E-state index contributed by atoms with van der Waals surface area (Å²) >= 11 is 0. The summed E-state index contributed by atoms with van der Waals surface area (Å²) in [7, 11) is 0. The number of carbonyl (C=O) groups is 1. The molecular formula is C15H30O2. The highest BCUT2D eigenvalue weighted by molar-refractivity contribution is 5.75. The molecule has 3 unspecified atom stereocenters. The molecule has 0 spiro atoms. The average molecular weight is 242 g/mol. The van der Waals surface area contributed by atoms with Gasteiger partial charge in [0, 0.05) is 6.42 Å². The Morgan fingerprint density at radius 3 is 2.41 bits per heavy atom. The quantitative estimate of drug-likeness (QED) is 0.716. The van der Waals surface area contributed by atoms with Crippen molar-refractivity contribution < 1.29 is 9.90 Å². The smallest absolute Gasteiger partial charge is 0.130 e. The maximum Gasteiger partial charge on any atom is 0.130 e. The lowest BCUT2D eigenvalue weighted by Gasteiger charge is -2.21. The van der Waals surface area contributed by atoms with Crippen LogP contribution in [0.15, 0.2) is 0 Å². The van der Waals surface area contributed by atoms with Crippen molar-refractivity contribution in [2.24, 2.45) is 11.8 Å². The van der Waals surface area contributed by atoms with Crippen LogP contribution < -0.4 is 0 Å². The summed E-state index contributed by atoms with van der Waals surface area (Å²) in [5.41, 5.74) is 0. The first kappa shape index (κ1) is 16.6. The van der Waals surface area contributed by atoms with Gasteiger partial charge < -0.3 is 9.90 Å². The normalized spacial score (nSPS) is 27.5. The van der Waals surface area contributed by atoms with Gasteiger partial charge in [0.1, 0.15) is 5.78 Å². The fourth-order valence-corrected chi connectivity index (χ4v) is 2.81. The molecule has 1 aliphatic carbocycles. The van der Waals surface area contributed by atoms with Crippen molar-refractivity contribution >= 4 is 5.78 Å². The lowest BCUT2D eigenvalue weighted by Crippen LogP contribution is -2.20. The summed E-state index contributed by atoms with van der Waals surface area (Å²) < 4.78 is 0. The first-order valence-corrected chi connectivity index (χ1v) is 7.32. The van der Waals surface area contributed by atoms with E-state index in [0.29, 0.717) is 18.3 Å². The van der Waals surface area contributed by atoms with Crippen LogP contribution in [0.4, 0.5) is 0 Å².